The molecule has 0 atom stereocenters. The second-order valence-corrected chi connectivity index (χ2v) is 5.82. The van der Waals surface area contributed by atoms with E-state index in [1.807, 2.05) is 6.07 Å². The summed E-state index contributed by atoms with van der Waals surface area (Å²) in [6, 6.07) is 1.94. The van der Waals surface area contributed by atoms with Gasteiger partial charge in [-0.1, -0.05) is 5.24 Å². The fraction of sp³-hybridized carbons (Fsp3) is 0.333. The summed E-state index contributed by atoms with van der Waals surface area (Å²) in [7, 11) is 16.7. The molecule has 2 aromatic rings. The summed E-state index contributed by atoms with van der Waals surface area (Å²) in [4.78, 5) is 16.6. The molecule has 0 saturated heterocycles. The van der Waals surface area contributed by atoms with Crippen molar-refractivity contribution in [3.8, 4) is 0 Å². The van der Waals surface area contributed by atoms with E-state index in [9.17, 15) is 4.79 Å². The average molecular weight is 309 g/mol. The van der Waals surface area contributed by atoms with Gasteiger partial charge < -0.3 is 4.57 Å². The molecular weight excluding hydrogens is 300 g/mol. The highest BCUT2D eigenvalue weighted by molar-refractivity contribution is 9.10. The lowest BCUT2D eigenvalue weighted by Gasteiger charge is -2.25. The molecule has 1 aliphatic carbocycles. The van der Waals surface area contributed by atoms with Gasteiger partial charge in [0, 0.05) is 33.9 Å². The molecule has 7 heteroatoms. The Bertz CT molecular complexity index is 719. The van der Waals surface area contributed by atoms with Gasteiger partial charge >= 0.3 is 0 Å². The van der Waals surface area contributed by atoms with E-state index in [1.54, 1.807) is 6.20 Å². The maximum Gasteiger partial charge on any atom is 0.258 e. The highest BCUT2D eigenvalue weighted by atomic mass is 79.9. The summed E-state index contributed by atoms with van der Waals surface area (Å²) in [5.41, 5.74) is 0.672. The van der Waals surface area contributed by atoms with Gasteiger partial charge in [0.25, 0.3) is 5.56 Å². The fourth-order valence-electron chi connectivity index (χ4n) is 2.10. The van der Waals surface area contributed by atoms with Gasteiger partial charge in [-0.05, 0) is 34.8 Å². The number of aromatic nitrogens is 2. The van der Waals surface area contributed by atoms with Crippen LogP contribution in [0, 0.1) is 0 Å². The zero-order valence-electron chi connectivity index (χ0n) is 10.1. The first-order chi connectivity index (χ1) is 8.88. The predicted octanol–water partition coefficient (Wildman–Crippen LogP) is 1.11. The van der Waals surface area contributed by atoms with Crippen molar-refractivity contribution in [2.24, 2.45) is 0 Å². The number of pyridine rings is 2. The lowest BCUT2D eigenvalue weighted by atomic mass is 9.49. The van der Waals surface area contributed by atoms with E-state index in [4.69, 9.17) is 23.5 Å². The minimum atomic E-state index is -1.73. The normalized spacial score (nSPS) is 15.8. The second-order valence-electron chi connectivity index (χ2n) is 4.97. The maximum absolute atomic E-state index is 12.3. The smallest absolute Gasteiger partial charge is 0.258 e. The Morgan fingerprint density at radius 2 is 2.00 bits per heavy atom. The molecule has 0 aliphatic heterocycles. The molecule has 0 bridgehead atoms. The van der Waals surface area contributed by atoms with Crippen molar-refractivity contribution in [1.29, 1.82) is 0 Å². The molecule has 6 radical (unpaired) electrons. The van der Waals surface area contributed by atoms with Gasteiger partial charge in [0.15, 0.2) is 0 Å². The molecule has 0 N–H and O–H groups in total. The average Bonchev–Trinajstić information content (AvgIpc) is 3.16. The Labute approximate surface area is 123 Å². The van der Waals surface area contributed by atoms with Crippen LogP contribution in [0.2, 0.25) is 0 Å². The summed E-state index contributed by atoms with van der Waals surface area (Å²) in [5, 5.41) is -0.477. The molecule has 3 rings (SSSR count). The van der Waals surface area contributed by atoms with Gasteiger partial charge in [-0.3, -0.25) is 9.78 Å². The summed E-state index contributed by atoms with van der Waals surface area (Å²) in [6.45, 7) is 0. The standard InChI is InChI=1S/C12H8B3BrN2O/c13-12(14,15)18-5-9(16)7-3-10(6-1-2-6)17-4-8(7)11(18)19/h3-6H,1-2H2. The molecule has 19 heavy (non-hydrogen) atoms. The molecule has 0 unspecified atom stereocenters. The number of hydrogen-bond acceptors (Lipinski definition) is 2. The van der Waals surface area contributed by atoms with E-state index in [0.29, 0.717) is 11.3 Å². The number of nitrogens with zero attached hydrogens (tertiary/aromatic N) is 2. The Morgan fingerprint density at radius 1 is 1.32 bits per heavy atom. The van der Waals surface area contributed by atoms with Crippen molar-refractivity contribution >= 4 is 50.2 Å². The first-order valence-electron chi connectivity index (χ1n) is 5.96. The van der Waals surface area contributed by atoms with Gasteiger partial charge in [0.1, 0.15) is 0 Å². The van der Waals surface area contributed by atoms with Gasteiger partial charge in [-0.15, -0.1) is 0 Å². The molecule has 88 valence electrons. The number of rotatable bonds is 2. The van der Waals surface area contributed by atoms with Crippen LogP contribution in [0.15, 0.2) is 27.7 Å². The van der Waals surface area contributed by atoms with Crippen LogP contribution in [0.25, 0.3) is 10.8 Å². The first-order valence-corrected chi connectivity index (χ1v) is 6.75. The summed E-state index contributed by atoms with van der Waals surface area (Å²) >= 11 is 3.42. The SMILES string of the molecule is [B]C([B])([B])n1cc(Br)c2cc(C3CC3)ncc2c1=O. The van der Waals surface area contributed by atoms with E-state index in [0.717, 1.165) is 33.0 Å². The van der Waals surface area contributed by atoms with E-state index in [2.05, 4.69) is 20.9 Å². The molecule has 0 amide bonds. The number of halogens is 1. The topological polar surface area (TPSA) is 34.9 Å². The highest BCUT2D eigenvalue weighted by Gasteiger charge is 2.26. The van der Waals surface area contributed by atoms with Gasteiger partial charge in [-0.2, -0.15) is 0 Å². The van der Waals surface area contributed by atoms with E-state index >= 15 is 0 Å². The molecule has 1 saturated carbocycles. The lowest BCUT2D eigenvalue weighted by molar-refractivity contribution is 0.749. The molecule has 0 spiro atoms. The van der Waals surface area contributed by atoms with Crippen LogP contribution in [0.5, 0.6) is 0 Å². The third-order valence-corrected chi connectivity index (χ3v) is 3.92. The van der Waals surface area contributed by atoms with Crippen molar-refractivity contribution in [3.05, 3.63) is 39.0 Å². The quantitative estimate of drug-likeness (QED) is 0.779. The lowest BCUT2D eigenvalue weighted by Crippen LogP contribution is -2.42. The van der Waals surface area contributed by atoms with Gasteiger partial charge in [-0.25, -0.2) is 0 Å². The van der Waals surface area contributed by atoms with E-state index < -0.39 is 5.24 Å². The zero-order chi connectivity index (χ0) is 13.8. The highest BCUT2D eigenvalue weighted by Crippen LogP contribution is 2.40. The Kier molecular flexibility index (Phi) is 2.93. The number of fused-ring (bicyclic) bond motifs is 1. The van der Waals surface area contributed by atoms with Crippen LogP contribution in [0.3, 0.4) is 0 Å². The Balaban J connectivity index is 2.29. The molecule has 1 fully saturated rings. The van der Waals surface area contributed by atoms with Crippen molar-refractivity contribution in [1.82, 2.24) is 9.55 Å². The van der Waals surface area contributed by atoms with Crippen LogP contribution in [0.1, 0.15) is 24.5 Å². The third-order valence-electron chi connectivity index (χ3n) is 3.29. The van der Waals surface area contributed by atoms with Crippen LogP contribution >= 0.6 is 15.9 Å². The maximum atomic E-state index is 12.3. The van der Waals surface area contributed by atoms with Crippen molar-refractivity contribution < 1.29 is 0 Å². The molecule has 1 aliphatic rings. The van der Waals surface area contributed by atoms with Crippen molar-refractivity contribution in [2.75, 3.05) is 0 Å². The summed E-state index contributed by atoms with van der Waals surface area (Å²) in [6.07, 6.45) is 5.40. The zero-order valence-corrected chi connectivity index (χ0v) is 11.7. The molecule has 2 aromatic heterocycles. The molecule has 0 aromatic carbocycles. The van der Waals surface area contributed by atoms with Gasteiger partial charge in [0.2, 0.25) is 0 Å². The molecular formula is C12H8B3BrN2O. The minimum Gasteiger partial charge on any atom is -0.334 e. The van der Waals surface area contributed by atoms with Gasteiger partial charge in [0.05, 0.1) is 28.9 Å². The van der Waals surface area contributed by atoms with E-state index in [1.165, 1.54) is 6.20 Å². The predicted molar refractivity (Wildman–Crippen MR) is 80.9 cm³/mol. The molecule has 3 nitrogen and oxygen atoms in total. The summed E-state index contributed by atoms with van der Waals surface area (Å²) < 4.78 is 1.81. The van der Waals surface area contributed by atoms with Crippen LogP contribution in [0.4, 0.5) is 0 Å². The monoisotopic (exact) mass is 308 g/mol. The Morgan fingerprint density at radius 3 is 2.58 bits per heavy atom. The largest absolute Gasteiger partial charge is 0.334 e. The van der Waals surface area contributed by atoms with Crippen molar-refractivity contribution in [3.63, 3.8) is 0 Å². The second kappa shape index (κ2) is 4.27. The van der Waals surface area contributed by atoms with E-state index in [-0.39, 0.29) is 5.56 Å². The fourth-order valence-corrected chi connectivity index (χ4v) is 2.63. The molecule has 2 heterocycles. The third kappa shape index (κ3) is 2.29. The van der Waals surface area contributed by atoms with Crippen LogP contribution in [-0.4, -0.2) is 33.1 Å². The van der Waals surface area contributed by atoms with Crippen molar-refractivity contribution in [2.45, 2.75) is 24.0 Å². The van der Waals surface area contributed by atoms with Crippen LogP contribution in [-0.2, 0) is 5.24 Å². The minimum absolute atomic E-state index is 0.347. The first kappa shape index (κ1) is 13.0. The summed E-state index contributed by atoms with van der Waals surface area (Å²) in [5.74, 6) is 0.524. The number of hydrogen-bond donors (Lipinski definition) is 0. The Hall–Kier alpha value is -0.965. The van der Waals surface area contributed by atoms with Crippen LogP contribution < -0.4 is 5.56 Å².